The van der Waals surface area contributed by atoms with E-state index in [0.717, 1.165) is 5.69 Å². The summed E-state index contributed by atoms with van der Waals surface area (Å²) >= 11 is 0. The maximum Gasteiger partial charge on any atom is 0.305 e. The van der Waals surface area contributed by atoms with E-state index in [9.17, 15) is 4.79 Å². The number of aliphatic carboxylic acids is 1. The molecule has 0 saturated heterocycles. The van der Waals surface area contributed by atoms with Crippen LogP contribution in [-0.2, 0) is 4.79 Å². The smallest absolute Gasteiger partial charge is 0.305 e. The number of nitrogens with zero attached hydrogens (tertiary/aromatic N) is 2. The Labute approximate surface area is 81.5 Å². The highest BCUT2D eigenvalue weighted by Crippen LogP contribution is 2.20. The summed E-state index contributed by atoms with van der Waals surface area (Å²) in [4.78, 5) is 10.4. The Morgan fingerprint density at radius 3 is 2.57 bits per heavy atom. The summed E-state index contributed by atoms with van der Waals surface area (Å²) in [5.74, 6) is -0.751. The number of H-pyrrole nitrogens is 1. The van der Waals surface area contributed by atoms with Crippen LogP contribution in [0.2, 0.25) is 0 Å². The van der Waals surface area contributed by atoms with Crippen molar-refractivity contribution in [2.24, 2.45) is 5.73 Å². The summed E-state index contributed by atoms with van der Waals surface area (Å²) in [5, 5.41) is 18.8. The lowest BCUT2D eigenvalue weighted by Crippen LogP contribution is -2.17. The van der Waals surface area contributed by atoms with E-state index in [1.807, 2.05) is 13.8 Å². The van der Waals surface area contributed by atoms with E-state index in [1.54, 1.807) is 0 Å². The molecule has 1 atom stereocenters. The third kappa shape index (κ3) is 2.29. The molecule has 0 aromatic carbocycles. The average molecular weight is 198 g/mol. The highest BCUT2D eigenvalue weighted by molar-refractivity contribution is 5.67. The largest absolute Gasteiger partial charge is 0.481 e. The maximum atomic E-state index is 10.4. The Balaban J connectivity index is 2.83. The monoisotopic (exact) mass is 198 g/mol. The van der Waals surface area contributed by atoms with Crippen molar-refractivity contribution >= 4 is 5.97 Å². The van der Waals surface area contributed by atoms with Crippen LogP contribution in [0.1, 0.15) is 43.6 Å². The molecule has 78 valence electrons. The predicted molar refractivity (Wildman–Crippen MR) is 49.7 cm³/mol. The second-order valence-electron chi connectivity index (χ2n) is 3.45. The van der Waals surface area contributed by atoms with Crippen molar-refractivity contribution in [1.29, 1.82) is 0 Å². The van der Waals surface area contributed by atoms with Crippen LogP contribution in [0.5, 0.6) is 0 Å². The summed E-state index contributed by atoms with van der Waals surface area (Å²) in [5.41, 5.74) is 6.95. The topological polar surface area (TPSA) is 105 Å². The number of carboxylic acids is 1. The second kappa shape index (κ2) is 4.19. The van der Waals surface area contributed by atoms with Crippen molar-refractivity contribution in [3.8, 4) is 0 Å². The van der Waals surface area contributed by atoms with Crippen molar-refractivity contribution in [3.63, 3.8) is 0 Å². The molecule has 1 rings (SSSR count). The fourth-order valence-corrected chi connectivity index (χ4v) is 1.23. The standard InChI is InChI=1S/C8H14N4O2/c1-4(2)7-8(11-12-10-7)5(9)3-6(13)14/h4-5H,3,9H2,1-2H3,(H,13,14)(H,10,11,12). The lowest BCUT2D eigenvalue weighted by atomic mass is 10.0. The maximum absolute atomic E-state index is 10.4. The summed E-state index contributed by atoms with van der Waals surface area (Å²) in [7, 11) is 0. The molecule has 0 spiro atoms. The number of hydrogen-bond donors (Lipinski definition) is 3. The summed E-state index contributed by atoms with van der Waals surface area (Å²) in [6.45, 7) is 3.91. The molecular weight excluding hydrogens is 184 g/mol. The van der Waals surface area contributed by atoms with Gasteiger partial charge in [-0.3, -0.25) is 4.79 Å². The molecule has 1 aromatic heterocycles. The molecule has 1 aromatic rings. The van der Waals surface area contributed by atoms with Crippen molar-refractivity contribution in [3.05, 3.63) is 11.4 Å². The number of nitrogens with two attached hydrogens (primary N) is 1. The molecule has 1 unspecified atom stereocenters. The van der Waals surface area contributed by atoms with Crippen LogP contribution in [0.3, 0.4) is 0 Å². The number of aromatic amines is 1. The molecule has 14 heavy (non-hydrogen) atoms. The summed E-state index contributed by atoms with van der Waals surface area (Å²) < 4.78 is 0. The number of nitrogens with one attached hydrogen (secondary N) is 1. The average Bonchev–Trinajstić information content (AvgIpc) is 2.49. The molecule has 0 radical (unpaired) electrons. The van der Waals surface area contributed by atoms with Gasteiger partial charge in [-0.25, -0.2) is 0 Å². The van der Waals surface area contributed by atoms with E-state index in [1.165, 1.54) is 0 Å². The van der Waals surface area contributed by atoms with Gasteiger partial charge in [0, 0.05) is 0 Å². The van der Waals surface area contributed by atoms with Crippen LogP contribution in [0.25, 0.3) is 0 Å². The molecular formula is C8H14N4O2. The molecule has 0 fully saturated rings. The molecule has 1 heterocycles. The van der Waals surface area contributed by atoms with Gasteiger partial charge in [0.25, 0.3) is 0 Å². The number of hydrogen-bond acceptors (Lipinski definition) is 4. The lowest BCUT2D eigenvalue weighted by Gasteiger charge is -2.08. The fraction of sp³-hybridized carbons (Fsp3) is 0.625. The van der Waals surface area contributed by atoms with Crippen LogP contribution >= 0.6 is 0 Å². The Bertz CT molecular complexity index is 321. The Hall–Kier alpha value is -1.43. The van der Waals surface area contributed by atoms with E-state index in [4.69, 9.17) is 10.8 Å². The number of aromatic nitrogens is 3. The van der Waals surface area contributed by atoms with Gasteiger partial charge in [-0.05, 0) is 5.92 Å². The normalized spacial score (nSPS) is 13.1. The molecule has 0 aliphatic carbocycles. The first kappa shape index (κ1) is 10.6. The lowest BCUT2D eigenvalue weighted by molar-refractivity contribution is -0.137. The molecule has 0 saturated carbocycles. The van der Waals surface area contributed by atoms with Gasteiger partial charge in [-0.15, -0.1) is 0 Å². The van der Waals surface area contributed by atoms with Crippen LogP contribution in [-0.4, -0.2) is 26.5 Å². The van der Waals surface area contributed by atoms with E-state index < -0.39 is 12.0 Å². The third-order valence-electron chi connectivity index (χ3n) is 1.90. The van der Waals surface area contributed by atoms with Crippen molar-refractivity contribution in [1.82, 2.24) is 15.4 Å². The quantitative estimate of drug-likeness (QED) is 0.649. The van der Waals surface area contributed by atoms with Gasteiger partial charge in [-0.2, -0.15) is 15.4 Å². The van der Waals surface area contributed by atoms with Gasteiger partial charge in [0.2, 0.25) is 0 Å². The minimum absolute atomic E-state index is 0.133. The van der Waals surface area contributed by atoms with Gasteiger partial charge >= 0.3 is 5.97 Å². The minimum Gasteiger partial charge on any atom is -0.481 e. The van der Waals surface area contributed by atoms with Gasteiger partial charge in [0.15, 0.2) is 0 Å². The zero-order valence-electron chi connectivity index (χ0n) is 8.19. The Kier molecular flexibility index (Phi) is 3.19. The minimum atomic E-state index is -0.935. The molecule has 0 amide bonds. The molecule has 6 nitrogen and oxygen atoms in total. The van der Waals surface area contributed by atoms with Gasteiger partial charge in [0.05, 0.1) is 18.2 Å². The first-order chi connectivity index (χ1) is 6.52. The van der Waals surface area contributed by atoms with Gasteiger partial charge < -0.3 is 10.8 Å². The van der Waals surface area contributed by atoms with Crippen molar-refractivity contribution in [2.45, 2.75) is 32.2 Å². The van der Waals surface area contributed by atoms with Crippen LogP contribution in [0.4, 0.5) is 0 Å². The van der Waals surface area contributed by atoms with E-state index in [-0.39, 0.29) is 12.3 Å². The highest BCUT2D eigenvalue weighted by atomic mass is 16.4. The van der Waals surface area contributed by atoms with Crippen LogP contribution in [0.15, 0.2) is 0 Å². The molecule has 6 heteroatoms. The molecule has 0 bridgehead atoms. The summed E-state index contributed by atoms with van der Waals surface area (Å²) in [6.07, 6.45) is -0.133. The highest BCUT2D eigenvalue weighted by Gasteiger charge is 2.19. The molecule has 0 aliphatic rings. The summed E-state index contributed by atoms with van der Waals surface area (Å²) in [6, 6.07) is -0.594. The predicted octanol–water partition coefficient (Wildman–Crippen LogP) is 0.403. The van der Waals surface area contributed by atoms with Gasteiger partial charge in [-0.1, -0.05) is 13.8 Å². The third-order valence-corrected chi connectivity index (χ3v) is 1.90. The zero-order chi connectivity index (χ0) is 10.7. The molecule has 0 aliphatic heterocycles. The van der Waals surface area contributed by atoms with Crippen molar-refractivity contribution < 1.29 is 9.90 Å². The molecule has 4 N–H and O–H groups in total. The second-order valence-corrected chi connectivity index (χ2v) is 3.45. The Morgan fingerprint density at radius 1 is 1.50 bits per heavy atom. The van der Waals surface area contributed by atoms with E-state index in [2.05, 4.69) is 15.4 Å². The first-order valence-electron chi connectivity index (χ1n) is 4.40. The van der Waals surface area contributed by atoms with Crippen LogP contribution < -0.4 is 5.73 Å². The number of rotatable bonds is 4. The van der Waals surface area contributed by atoms with Crippen LogP contribution in [0, 0.1) is 0 Å². The van der Waals surface area contributed by atoms with Gasteiger partial charge in [0.1, 0.15) is 5.69 Å². The van der Waals surface area contributed by atoms with E-state index >= 15 is 0 Å². The first-order valence-corrected chi connectivity index (χ1v) is 4.40. The van der Waals surface area contributed by atoms with Crippen molar-refractivity contribution in [2.75, 3.05) is 0 Å². The fourth-order valence-electron chi connectivity index (χ4n) is 1.23. The SMILES string of the molecule is CC(C)c1n[nH]nc1C(N)CC(=O)O. The zero-order valence-corrected chi connectivity index (χ0v) is 8.19. The Morgan fingerprint density at radius 2 is 2.07 bits per heavy atom. The number of carboxylic acid groups (broad SMARTS) is 1. The van der Waals surface area contributed by atoms with E-state index in [0.29, 0.717) is 5.69 Å². The number of carbonyl (C=O) groups is 1.